The first kappa shape index (κ1) is 15.0. The summed E-state index contributed by atoms with van der Waals surface area (Å²) < 4.78 is 25.8. The molecule has 5 nitrogen and oxygen atoms in total. The van der Waals surface area contributed by atoms with Gasteiger partial charge in [-0.3, -0.25) is 0 Å². The van der Waals surface area contributed by atoms with E-state index < -0.39 is 10.0 Å². The summed E-state index contributed by atoms with van der Waals surface area (Å²) in [5.41, 5.74) is 1.08. The van der Waals surface area contributed by atoms with Crippen LogP contribution in [-0.2, 0) is 15.8 Å². The molecule has 20 heavy (non-hydrogen) atoms. The maximum atomic E-state index is 12.2. The molecule has 1 aliphatic rings. The Hall–Kier alpha value is -1.42. The van der Waals surface area contributed by atoms with Crippen molar-refractivity contribution in [3.63, 3.8) is 0 Å². The lowest BCUT2D eigenvalue weighted by atomic mass is 9.82. The fourth-order valence-electron chi connectivity index (χ4n) is 2.38. The van der Waals surface area contributed by atoms with Crippen molar-refractivity contribution in [3.8, 4) is 6.07 Å². The van der Waals surface area contributed by atoms with Crippen LogP contribution >= 0.6 is 0 Å². The van der Waals surface area contributed by atoms with Crippen molar-refractivity contribution in [2.45, 2.75) is 24.7 Å². The summed E-state index contributed by atoms with van der Waals surface area (Å²) in [6.07, 6.45) is 1.07. The highest BCUT2D eigenvalue weighted by Crippen LogP contribution is 2.28. The van der Waals surface area contributed by atoms with Gasteiger partial charge in [-0.1, -0.05) is 12.1 Å². The molecule has 1 fully saturated rings. The minimum atomic E-state index is -3.38. The lowest BCUT2D eigenvalue weighted by molar-refractivity contribution is 0.0367. The molecule has 0 spiro atoms. The van der Waals surface area contributed by atoms with E-state index in [1.54, 1.807) is 31.3 Å². The van der Waals surface area contributed by atoms with Crippen LogP contribution in [-0.4, -0.2) is 37.5 Å². The second-order valence-corrected chi connectivity index (χ2v) is 7.42. The summed E-state index contributed by atoms with van der Waals surface area (Å²) >= 11 is 0. The number of hydrogen-bond acceptors (Lipinski definition) is 4. The third-order valence-corrected chi connectivity index (χ3v) is 5.40. The van der Waals surface area contributed by atoms with Gasteiger partial charge >= 0.3 is 0 Å². The highest BCUT2D eigenvalue weighted by molar-refractivity contribution is 7.88. The second kappa shape index (κ2) is 5.92. The van der Waals surface area contributed by atoms with Crippen LogP contribution in [0.4, 0.5) is 0 Å². The van der Waals surface area contributed by atoms with E-state index in [1.807, 2.05) is 6.07 Å². The van der Waals surface area contributed by atoms with Crippen LogP contribution in [0.15, 0.2) is 24.3 Å². The zero-order valence-electron chi connectivity index (χ0n) is 11.4. The third kappa shape index (κ3) is 3.57. The maximum Gasteiger partial charge on any atom is 0.218 e. The molecule has 6 heteroatoms. The van der Waals surface area contributed by atoms with Crippen LogP contribution < -0.4 is 0 Å². The minimum absolute atomic E-state index is 0.103. The Bertz CT molecular complexity index is 616. The molecule has 108 valence electrons. The van der Waals surface area contributed by atoms with Crippen LogP contribution in [0.2, 0.25) is 0 Å². The van der Waals surface area contributed by atoms with Crippen molar-refractivity contribution in [2.24, 2.45) is 5.92 Å². The van der Waals surface area contributed by atoms with Gasteiger partial charge < -0.3 is 5.11 Å². The van der Waals surface area contributed by atoms with Crippen LogP contribution in [0.5, 0.6) is 0 Å². The second-order valence-electron chi connectivity index (χ2n) is 5.34. The number of nitrogens with zero attached hydrogens (tertiary/aromatic N) is 2. The lowest BCUT2D eigenvalue weighted by Gasteiger charge is -2.34. The van der Waals surface area contributed by atoms with Crippen LogP contribution in [0, 0.1) is 17.2 Å². The molecule has 1 aliphatic carbocycles. The fraction of sp³-hybridized carbons (Fsp3) is 0.500. The van der Waals surface area contributed by atoms with E-state index >= 15 is 0 Å². The van der Waals surface area contributed by atoms with Gasteiger partial charge in [0, 0.05) is 13.6 Å². The Morgan fingerprint density at radius 2 is 2.15 bits per heavy atom. The Morgan fingerprint density at radius 1 is 1.45 bits per heavy atom. The van der Waals surface area contributed by atoms with Crippen molar-refractivity contribution < 1.29 is 13.5 Å². The van der Waals surface area contributed by atoms with Gasteiger partial charge in [-0.25, -0.2) is 12.7 Å². The summed E-state index contributed by atoms with van der Waals surface area (Å²) in [6.45, 7) is 0.442. The van der Waals surface area contributed by atoms with Crippen LogP contribution in [0.3, 0.4) is 0 Å². The van der Waals surface area contributed by atoms with E-state index in [-0.39, 0.29) is 17.8 Å². The van der Waals surface area contributed by atoms with Crippen LogP contribution in [0.1, 0.15) is 24.0 Å². The predicted molar refractivity (Wildman–Crippen MR) is 75.1 cm³/mol. The van der Waals surface area contributed by atoms with Gasteiger partial charge in [-0.2, -0.15) is 5.26 Å². The summed E-state index contributed by atoms with van der Waals surface area (Å²) in [5, 5.41) is 18.0. The number of nitriles is 1. The van der Waals surface area contributed by atoms with Gasteiger partial charge in [0.1, 0.15) is 0 Å². The maximum absolute atomic E-state index is 12.2. The predicted octanol–water partition coefficient (Wildman–Crippen LogP) is 1.09. The van der Waals surface area contributed by atoms with Crippen molar-refractivity contribution >= 4 is 10.0 Å². The molecule has 0 aromatic heterocycles. The normalized spacial score (nSPS) is 22.3. The summed E-state index contributed by atoms with van der Waals surface area (Å²) in [6, 6.07) is 8.64. The monoisotopic (exact) mass is 294 g/mol. The first-order chi connectivity index (χ1) is 9.40. The molecule has 1 N–H and O–H groups in total. The van der Waals surface area contributed by atoms with Gasteiger partial charge in [0.15, 0.2) is 0 Å². The standard InChI is InChI=1S/C14H18N2O3S/c1-16(9-13-6-14(17)7-13)20(18,19)10-12-4-2-3-11(5-12)8-15/h2-5,13-14,17H,6-7,9-10H2,1H3. The van der Waals surface area contributed by atoms with Gasteiger partial charge in [0.05, 0.1) is 23.5 Å². The molecule has 0 radical (unpaired) electrons. The molecule has 0 amide bonds. The molecule has 0 unspecified atom stereocenters. The molecule has 0 aliphatic heterocycles. The molecular weight excluding hydrogens is 276 g/mol. The number of aliphatic hydroxyl groups is 1. The van der Waals surface area contributed by atoms with E-state index in [9.17, 15) is 13.5 Å². The van der Waals surface area contributed by atoms with Gasteiger partial charge in [0.25, 0.3) is 0 Å². The largest absolute Gasteiger partial charge is 0.393 e. The first-order valence-corrected chi connectivity index (χ1v) is 8.13. The van der Waals surface area contributed by atoms with Gasteiger partial charge in [0.2, 0.25) is 10.0 Å². The number of aliphatic hydroxyl groups excluding tert-OH is 1. The number of rotatable bonds is 5. The fourth-order valence-corrected chi connectivity index (χ4v) is 3.64. The zero-order chi connectivity index (χ0) is 14.8. The Kier molecular flexibility index (Phi) is 4.43. The molecule has 0 atom stereocenters. The smallest absolute Gasteiger partial charge is 0.218 e. The third-order valence-electron chi connectivity index (χ3n) is 3.61. The molecule has 1 aromatic carbocycles. The summed E-state index contributed by atoms with van der Waals surface area (Å²) in [5.74, 6) is 0.143. The SMILES string of the molecule is CN(CC1CC(O)C1)S(=O)(=O)Cc1cccc(C#N)c1. The molecule has 2 rings (SSSR count). The van der Waals surface area contributed by atoms with Crippen molar-refractivity contribution in [1.82, 2.24) is 4.31 Å². The number of benzene rings is 1. The lowest BCUT2D eigenvalue weighted by Crippen LogP contribution is -2.39. The Labute approximate surface area is 119 Å². The molecule has 0 bridgehead atoms. The topological polar surface area (TPSA) is 81.4 Å². The van der Waals surface area contributed by atoms with E-state index in [1.165, 1.54) is 4.31 Å². The molecule has 1 saturated carbocycles. The van der Waals surface area contributed by atoms with Crippen molar-refractivity contribution in [1.29, 1.82) is 5.26 Å². The minimum Gasteiger partial charge on any atom is -0.393 e. The van der Waals surface area contributed by atoms with Crippen molar-refractivity contribution in [2.75, 3.05) is 13.6 Å². The molecule has 0 saturated heterocycles. The molecular formula is C14H18N2O3S. The summed E-state index contributed by atoms with van der Waals surface area (Å²) in [7, 11) is -1.82. The van der Waals surface area contributed by atoms with E-state index in [0.717, 1.165) is 0 Å². The summed E-state index contributed by atoms with van der Waals surface area (Å²) in [4.78, 5) is 0. The van der Waals surface area contributed by atoms with Gasteiger partial charge in [-0.05, 0) is 36.5 Å². The Balaban J connectivity index is 2.00. The number of hydrogen-bond donors (Lipinski definition) is 1. The number of sulfonamides is 1. The average molecular weight is 294 g/mol. The quantitative estimate of drug-likeness (QED) is 0.881. The molecule has 1 aromatic rings. The van der Waals surface area contributed by atoms with E-state index in [0.29, 0.717) is 30.5 Å². The van der Waals surface area contributed by atoms with Crippen molar-refractivity contribution in [3.05, 3.63) is 35.4 Å². The van der Waals surface area contributed by atoms with Gasteiger partial charge in [-0.15, -0.1) is 0 Å². The zero-order valence-corrected chi connectivity index (χ0v) is 12.2. The average Bonchev–Trinajstić information content (AvgIpc) is 2.36. The Morgan fingerprint density at radius 3 is 2.75 bits per heavy atom. The van der Waals surface area contributed by atoms with E-state index in [4.69, 9.17) is 5.26 Å². The highest BCUT2D eigenvalue weighted by Gasteiger charge is 2.31. The van der Waals surface area contributed by atoms with Crippen LogP contribution in [0.25, 0.3) is 0 Å². The highest BCUT2D eigenvalue weighted by atomic mass is 32.2. The van der Waals surface area contributed by atoms with E-state index in [2.05, 4.69) is 0 Å². The first-order valence-electron chi connectivity index (χ1n) is 6.52. The molecule has 0 heterocycles.